The van der Waals surface area contributed by atoms with Crippen molar-refractivity contribution in [1.29, 1.82) is 0 Å². The third kappa shape index (κ3) is 3.88. The molecule has 0 aromatic heterocycles. The Bertz CT molecular complexity index is 258. The highest BCUT2D eigenvalue weighted by Gasteiger charge is 2.31. The molecule has 0 bridgehead atoms. The molecule has 1 saturated heterocycles. The first-order chi connectivity index (χ1) is 7.29. The molecule has 2 N–H and O–H groups in total. The van der Waals surface area contributed by atoms with E-state index in [-0.39, 0.29) is 19.0 Å². The van der Waals surface area contributed by atoms with Gasteiger partial charge >= 0.3 is 12.2 Å². The van der Waals surface area contributed by atoms with Crippen LogP contribution in [0.3, 0.4) is 0 Å². The van der Waals surface area contributed by atoms with E-state index in [9.17, 15) is 23.1 Å². The van der Waals surface area contributed by atoms with Gasteiger partial charge in [-0.1, -0.05) is 6.92 Å². The summed E-state index contributed by atoms with van der Waals surface area (Å²) in [5.74, 6) is -0.106. The first-order valence-corrected chi connectivity index (χ1v) is 5.07. The van der Waals surface area contributed by atoms with Crippen molar-refractivity contribution in [3.05, 3.63) is 0 Å². The van der Waals surface area contributed by atoms with E-state index in [0.717, 1.165) is 0 Å². The highest BCUT2D eigenvalue weighted by molar-refractivity contribution is 5.74. The second-order valence-corrected chi connectivity index (χ2v) is 4.05. The Morgan fingerprint density at radius 1 is 1.56 bits per heavy atom. The number of halogens is 3. The molecule has 1 aliphatic rings. The smallest absolute Gasteiger partial charge is 0.393 e. The predicted octanol–water partition coefficient (Wildman–Crippen LogP) is 0.961. The predicted molar refractivity (Wildman–Crippen MR) is 50.8 cm³/mol. The minimum Gasteiger partial charge on any atom is -0.393 e. The lowest BCUT2D eigenvalue weighted by molar-refractivity contribution is -0.123. The van der Waals surface area contributed by atoms with Crippen LogP contribution in [0.15, 0.2) is 0 Å². The molecule has 0 saturated carbocycles. The second-order valence-electron chi connectivity index (χ2n) is 4.05. The molecule has 2 atom stereocenters. The van der Waals surface area contributed by atoms with Crippen molar-refractivity contribution >= 4 is 6.03 Å². The number of piperidine rings is 1. The van der Waals surface area contributed by atoms with E-state index in [0.29, 0.717) is 6.42 Å². The van der Waals surface area contributed by atoms with E-state index in [1.165, 1.54) is 4.90 Å². The topological polar surface area (TPSA) is 52.6 Å². The van der Waals surface area contributed by atoms with Crippen LogP contribution in [0, 0.1) is 5.92 Å². The first kappa shape index (κ1) is 13.1. The number of likely N-dealkylation sites (tertiary alicyclic amines) is 1. The summed E-state index contributed by atoms with van der Waals surface area (Å²) in [6.07, 6.45) is -4.47. The normalized spacial score (nSPS) is 26.7. The molecule has 1 fully saturated rings. The third-order valence-corrected chi connectivity index (χ3v) is 2.59. The molecule has 0 aromatic rings. The zero-order chi connectivity index (χ0) is 12.3. The van der Waals surface area contributed by atoms with Crippen LogP contribution in [-0.4, -0.2) is 48.0 Å². The Labute approximate surface area is 91.4 Å². The lowest BCUT2D eigenvalue weighted by Gasteiger charge is -2.34. The molecular weight excluding hydrogens is 225 g/mol. The average molecular weight is 240 g/mol. The number of carbonyl (C=O) groups excluding carboxylic acids is 1. The molecule has 1 aliphatic heterocycles. The van der Waals surface area contributed by atoms with Gasteiger partial charge in [0.25, 0.3) is 0 Å². The number of amides is 2. The van der Waals surface area contributed by atoms with Gasteiger partial charge in [0.05, 0.1) is 6.10 Å². The van der Waals surface area contributed by atoms with Gasteiger partial charge in [0, 0.05) is 13.1 Å². The van der Waals surface area contributed by atoms with Crippen LogP contribution in [0.5, 0.6) is 0 Å². The van der Waals surface area contributed by atoms with E-state index in [1.54, 1.807) is 6.92 Å². The highest BCUT2D eigenvalue weighted by Crippen LogP contribution is 2.17. The Balaban J connectivity index is 2.38. The zero-order valence-corrected chi connectivity index (χ0v) is 8.92. The molecule has 0 radical (unpaired) electrons. The number of alkyl halides is 3. The number of aliphatic hydroxyl groups is 1. The summed E-state index contributed by atoms with van der Waals surface area (Å²) in [5, 5.41) is 11.2. The molecular formula is C9H15F3N2O2. The Kier molecular flexibility index (Phi) is 4.01. The van der Waals surface area contributed by atoms with E-state index < -0.39 is 24.9 Å². The van der Waals surface area contributed by atoms with Crippen LogP contribution in [0.1, 0.15) is 13.3 Å². The summed E-state index contributed by atoms with van der Waals surface area (Å²) in [7, 11) is 0. The van der Waals surface area contributed by atoms with Crippen LogP contribution < -0.4 is 5.32 Å². The van der Waals surface area contributed by atoms with Crippen molar-refractivity contribution in [1.82, 2.24) is 10.2 Å². The number of carbonyl (C=O) groups is 1. The number of hydrogen-bond donors (Lipinski definition) is 2. The summed E-state index contributed by atoms with van der Waals surface area (Å²) >= 11 is 0. The SMILES string of the molecule is CC1CN(C(=O)NCC(F)(F)F)CCC1O. The molecule has 2 unspecified atom stereocenters. The third-order valence-electron chi connectivity index (χ3n) is 2.59. The second kappa shape index (κ2) is 4.90. The average Bonchev–Trinajstić information content (AvgIpc) is 2.17. The van der Waals surface area contributed by atoms with E-state index >= 15 is 0 Å². The van der Waals surface area contributed by atoms with Crippen molar-refractivity contribution in [3.8, 4) is 0 Å². The first-order valence-electron chi connectivity index (χ1n) is 5.07. The monoisotopic (exact) mass is 240 g/mol. The fourth-order valence-corrected chi connectivity index (χ4v) is 1.61. The van der Waals surface area contributed by atoms with Crippen molar-refractivity contribution in [3.63, 3.8) is 0 Å². The number of urea groups is 1. The van der Waals surface area contributed by atoms with E-state index in [2.05, 4.69) is 0 Å². The van der Waals surface area contributed by atoms with Crippen LogP contribution in [-0.2, 0) is 0 Å². The van der Waals surface area contributed by atoms with Gasteiger partial charge in [-0.05, 0) is 12.3 Å². The molecule has 0 aliphatic carbocycles. The van der Waals surface area contributed by atoms with E-state index in [4.69, 9.17) is 0 Å². The Morgan fingerprint density at radius 3 is 2.69 bits per heavy atom. The molecule has 1 rings (SSSR count). The standard InChI is InChI=1S/C9H15F3N2O2/c1-6-4-14(3-2-7(6)15)8(16)13-5-9(10,11)12/h6-7,15H,2-5H2,1H3,(H,13,16). The maximum absolute atomic E-state index is 11.8. The maximum atomic E-state index is 11.8. The fraction of sp³-hybridized carbons (Fsp3) is 0.889. The number of aliphatic hydroxyl groups excluding tert-OH is 1. The van der Waals surface area contributed by atoms with Gasteiger partial charge in [-0.2, -0.15) is 13.2 Å². The van der Waals surface area contributed by atoms with Crippen molar-refractivity contribution < 1.29 is 23.1 Å². The lowest BCUT2D eigenvalue weighted by atomic mass is 9.97. The molecule has 7 heteroatoms. The van der Waals surface area contributed by atoms with Gasteiger partial charge in [-0.3, -0.25) is 0 Å². The van der Waals surface area contributed by atoms with Crippen LogP contribution in [0.25, 0.3) is 0 Å². The molecule has 2 amide bonds. The summed E-state index contributed by atoms with van der Waals surface area (Å²) in [5.41, 5.74) is 0. The number of rotatable bonds is 1. The van der Waals surface area contributed by atoms with Gasteiger partial charge in [-0.15, -0.1) is 0 Å². The fourth-order valence-electron chi connectivity index (χ4n) is 1.61. The Hall–Kier alpha value is -0.980. The zero-order valence-electron chi connectivity index (χ0n) is 8.92. The molecule has 0 aromatic carbocycles. The lowest BCUT2D eigenvalue weighted by Crippen LogP contribution is -2.50. The van der Waals surface area contributed by atoms with E-state index in [1.807, 2.05) is 5.32 Å². The summed E-state index contributed by atoms with van der Waals surface area (Å²) < 4.78 is 35.5. The number of hydrogen-bond acceptors (Lipinski definition) is 2. The van der Waals surface area contributed by atoms with Crippen LogP contribution in [0.2, 0.25) is 0 Å². The number of nitrogens with one attached hydrogen (secondary N) is 1. The van der Waals surface area contributed by atoms with Gasteiger partial charge in [0.1, 0.15) is 6.54 Å². The van der Waals surface area contributed by atoms with Crippen molar-refractivity contribution in [2.24, 2.45) is 5.92 Å². The molecule has 4 nitrogen and oxygen atoms in total. The summed E-state index contributed by atoms with van der Waals surface area (Å²) in [6, 6.07) is -0.726. The number of nitrogens with zero attached hydrogens (tertiary/aromatic N) is 1. The van der Waals surface area contributed by atoms with Crippen LogP contribution >= 0.6 is 0 Å². The quantitative estimate of drug-likeness (QED) is 0.717. The maximum Gasteiger partial charge on any atom is 0.405 e. The van der Waals surface area contributed by atoms with Crippen molar-refractivity contribution in [2.75, 3.05) is 19.6 Å². The van der Waals surface area contributed by atoms with Gasteiger partial charge in [0.15, 0.2) is 0 Å². The molecule has 1 heterocycles. The molecule has 94 valence electrons. The minimum atomic E-state index is -4.39. The molecule has 16 heavy (non-hydrogen) atoms. The highest BCUT2D eigenvalue weighted by atomic mass is 19.4. The largest absolute Gasteiger partial charge is 0.405 e. The minimum absolute atomic E-state index is 0.106. The van der Waals surface area contributed by atoms with Crippen molar-refractivity contribution in [2.45, 2.75) is 25.6 Å². The molecule has 0 spiro atoms. The van der Waals surface area contributed by atoms with Gasteiger partial charge in [-0.25, -0.2) is 4.79 Å². The summed E-state index contributed by atoms with van der Waals surface area (Å²) in [4.78, 5) is 12.6. The summed E-state index contributed by atoms with van der Waals surface area (Å²) in [6.45, 7) is 1.01. The van der Waals surface area contributed by atoms with Gasteiger partial charge < -0.3 is 15.3 Å². The Morgan fingerprint density at radius 2 is 2.19 bits per heavy atom. The van der Waals surface area contributed by atoms with Gasteiger partial charge in [0.2, 0.25) is 0 Å². The van der Waals surface area contributed by atoms with Crippen LogP contribution in [0.4, 0.5) is 18.0 Å².